The summed E-state index contributed by atoms with van der Waals surface area (Å²) in [7, 11) is 0. The Labute approximate surface area is 83.5 Å². The highest BCUT2D eigenvalue weighted by atomic mass is 35.5. The van der Waals surface area contributed by atoms with Crippen molar-refractivity contribution in [1.29, 1.82) is 0 Å². The number of alkyl halides is 1. The normalized spacial score (nSPS) is 12.9. The molecule has 0 radical (unpaired) electrons. The third-order valence-corrected chi connectivity index (χ3v) is 2.36. The van der Waals surface area contributed by atoms with Crippen LogP contribution in [-0.2, 0) is 6.42 Å². The van der Waals surface area contributed by atoms with Gasteiger partial charge < -0.3 is 0 Å². The van der Waals surface area contributed by atoms with Crippen LogP contribution in [0, 0.1) is 0 Å². The molecule has 0 saturated carbocycles. The Hall–Kier alpha value is -0.200. The fourth-order valence-corrected chi connectivity index (χ4v) is 1.39. The van der Waals surface area contributed by atoms with Crippen molar-refractivity contribution in [3.05, 3.63) is 34.9 Å². The van der Waals surface area contributed by atoms with E-state index in [2.05, 4.69) is 0 Å². The number of hydrogen-bond acceptors (Lipinski definition) is 0. The van der Waals surface area contributed by atoms with Gasteiger partial charge in [-0.25, -0.2) is 0 Å². The Bertz CT molecular complexity index is 243. The van der Waals surface area contributed by atoms with Gasteiger partial charge in [-0.15, -0.1) is 11.6 Å². The lowest BCUT2D eigenvalue weighted by atomic mass is 10.1. The van der Waals surface area contributed by atoms with E-state index in [1.165, 1.54) is 5.56 Å². The molecule has 1 aromatic rings. The summed E-state index contributed by atoms with van der Waals surface area (Å²) >= 11 is 11.8. The van der Waals surface area contributed by atoms with Crippen molar-refractivity contribution in [1.82, 2.24) is 0 Å². The van der Waals surface area contributed by atoms with E-state index in [0.29, 0.717) is 0 Å². The molecule has 0 fully saturated rings. The molecule has 0 nitrogen and oxygen atoms in total. The van der Waals surface area contributed by atoms with Gasteiger partial charge in [0.15, 0.2) is 0 Å². The van der Waals surface area contributed by atoms with E-state index in [4.69, 9.17) is 23.2 Å². The maximum absolute atomic E-state index is 5.96. The number of aryl methyl sites for hydroxylation is 1. The van der Waals surface area contributed by atoms with Crippen molar-refractivity contribution in [2.45, 2.75) is 25.1 Å². The van der Waals surface area contributed by atoms with Gasteiger partial charge in [0.2, 0.25) is 0 Å². The summed E-state index contributed by atoms with van der Waals surface area (Å²) in [6.07, 6.45) is 1.94. The molecule has 0 amide bonds. The summed E-state index contributed by atoms with van der Waals surface area (Å²) in [4.78, 5) is 0. The second-order valence-electron chi connectivity index (χ2n) is 2.91. The van der Waals surface area contributed by atoms with Crippen LogP contribution in [0.2, 0.25) is 5.02 Å². The zero-order valence-corrected chi connectivity index (χ0v) is 8.57. The molecule has 1 aromatic carbocycles. The predicted molar refractivity (Wildman–Crippen MR) is 55.1 cm³/mol. The van der Waals surface area contributed by atoms with Crippen molar-refractivity contribution in [2.24, 2.45) is 0 Å². The summed E-state index contributed by atoms with van der Waals surface area (Å²) in [5.41, 5.74) is 1.19. The molecule has 0 saturated heterocycles. The average Bonchev–Trinajstić information content (AvgIpc) is 2.03. The largest absolute Gasteiger partial charge is 0.123 e. The number of halogens is 2. The average molecular weight is 203 g/mol. The van der Waals surface area contributed by atoms with E-state index < -0.39 is 0 Å². The van der Waals surface area contributed by atoms with Crippen LogP contribution in [0.15, 0.2) is 24.3 Å². The van der Waals surface area contributed by atoms with Crippen LogP contribution in [0.3, 0.4) is 0 Å². The van der Waals surface area contributed by atoms with Crippen LogP contribution in [0.1, 0.15) is 18.9 Å². The summed E-state index contributed by atoms with van der Waals surface area (Å²) in [6.45, 7) is 2.00. The molecule has 0 N–H and O–H groups in total. The lowest BCUT2D eigenvalue weighted by Gasteiger charge is -2.04. The Morgan fingerprint density at radius 1 is 1.33 bits per heavy atom. The van der Waals surface area contributed by atoms with Gasteiger partial charge in [0.05, 0.1) is 0 Å². The van der Waals surface area contributed by atoms with E-state index in [9.17, 15) is 0 Å². The molecule has 0 aromatic heterocycles. The maximum Gasteiger partial charge on any atom is 0.0437 e. The van der Waals surface area contributed by atoms with Crippen LogP contribution in [0.25, 0.3) is 0 Å². The minimum Gasteiger partial charge on any atom is -0.123 e. The first kappa shape index (κ1) is 9.88. The SMILES string of the molecule is CC(Cl)CCc1ccccc1Cl. The Morgan fingerprint density at radius 2 is 2.00 bits per heavy atom. The standard InChI is InChI=1S/C10H12Cl2/c1-8(11)6-7-9-4-2-3-5-10(9)12/h2-5,8H,6-7H2,1H3. The summed E-state index contributed by atoms with van der Waals surface area (Å²) in [6, 6.07) is 7.90. The Balaban J connectivity index is 2.57. The minimum atomic E-state index is 0.223. The van der Waals surface area contributed by atoms with Gasteiger partial charge in [-0.3, -0.25) is 0 Å². The van der Waals surface area contributed by atoms with Gasteiger partial charge in [0.25, 0.3) is 0 Å². The third kappa shape index (κ3) is 3.04. The number of benzene rings is 1. The molecular weight excluding hydrogens is 191 g/mol. The molecule has 1 rings (SSSR count). The molecule has 0 aliphatic heterocycles. The number of rotatable bonds is 3. The molecule has 66 valence electrons. The fourth-order valence-electron chi connectivity index (χ4n) is 1.06. The lowest BCUT2D eigenvalue weighted by Crippen LogP contribution is -1.94. The van der Waals surface area contributed by atoms with Gasteiger partial charge in [-0.2, -0.15) is 0 Å². The highest BCUT2D eigenvalue weighted by molar-refractivity contribution is 6.31. The highest BCUT2D eigenvalue weighted by Gasteiger charge is 2.01. The van der Waals surface area contributed by atoms with Gasteiger partial charge in [-0.05, 0) is 31.4 Å². The van der Waals surface area contributed by atoms with Crippen molar-refractivity contribution < 1.29 is 0 Å². The molecule has 0 spiro atoms. The summed E-state index contributed by atoms with van der Waals surface area (Å²) < 4.78 is 0. The molecule has 0 heterocycles. The van der Waals surface area contributed by atoms with Gasteiger partial charge in [-0.1, -0.05) is 29.8 Å². The van der Waals surface area contributed by atoms with Gasteiger partial charge in [0.1, 0.15) is 0 Å². The quantitative estimate of drug-likeness (QED) is 0.653. The monoisotopic (exact) mass is 202 g/mol. The summed E-state index contributed by atoms with van der Waals surface area (Å²) in [5.74, 6) is 0. The minimum absolute atomic E-state index is 0.223. The summed E-state index contributed by atoms with van der Waals surface area (Å²) in [5, 5.41) is 1.07. The topological polar surface area (TPSA) is 0 Å². The first-order valence-electron chi connectivity index (χ1n) is 4.07. The van der Waals surface area contributed by atoms with Crippen molar-refractivity contribution in [3.8, 4) is 0 Å². The molecular formula is C10H12Cl2. The first-order valence-corrected chi connectivity index (χ1v) is 4.89. The van der Waals surface area contributed by atoms with Crippen LogP contribution in [0.5, 0.6) is 0 Å². The second-order valence-corrected chi connectivity index (χ2v) is 4.06. The van der Waals surface area contributed by atoms with Gasteiger partial charge >= 0.3 is 0 Å². The molecule has 12 heavy (non-hydrogen) atoms. The van der Waals surface area contributed by atoms with E-state index in [-0.39, 0.29) is 5.38 Å². The van der Waals surface area contributed by atoms with Gasteiger partial charge in [0, 0.05) is 10.4 Å². The fraction of sp³-hybridized carbons (Fsp3) is 0.400. The van der Waals surface area contributed by atoms with E-state index in [1.807, 2.05) is 31.2 Å². The van der Waals surface area contributed by atoms with E-state index in [1.54, 1.807) is 0 Å². The highest BCUT2D eigenvalue weighted by Crippen LogP contribution is 2.17. The van der Waals surface area contributed by atoms with Crippen LogP contribution >= 0.6 is 23.2 Å². The Kier molecular flexibility index (Phi) is 3.90. The maximum atomic E-state index is 5.96. The molecule has 2 heteroatoms. The lowest BCUT2D eigenvalue weighted by molar-refractivity contribution is 0.803. The molecule has 0 aliphatic rings. The zero-order chi connectivity index (χ0) is 8.97. The molecule has 0 bridgehead atoms. The van der Waals surface area contributed by atoms with E-state index >= 15 is 0 Å². The molecule has 1 unspecified atom stereocenters. The smallest absolute Gasteiger partial charge is 0.0437 e. The predicted octanol–water partition coefficient (Wildman–Crippen LogP) is 3.90. The Morgan fingerprint density at radius 3 is 2.58 bits per heavy atom. The zero-order valence-electron chi connectivity index (χ0n) is 7.06. The van der Waals surface area contributed by atoms with Crippen molar-refractivity contribution in [3.63, 3.8) is 0 Å². The van der Waals surface area contributed by atoms with Crippen LogP contribution in [0.4, 0.5) is 0 Å². The van der Waals surface area contributed by atoms with E-state index in [0.717, 1.165) is 17.9 Å². The second kappa shape index (κ2) is 4.74. The van der Waals surface area contributed by atoms with Crippen molar-refractivity contribution in [2.75, 3.05) is 0 Å². The molecule has 0 aliphatic carbocycles. The van der Waals surface area contributed by atoms with Crippen LogP contribution < -0.4 is 0 Å². The molecule has 1 atom stereocenters. The van der Waals surface area contributed by atoms with Crippen molar-refractivity contribution >= 4 is 23.2 Å². The number of hydrogen-bond donors (Lipinski definition) is 0. The third-order valence-electron chi connectivity index (χ3n) is 1.77. The first-order chi connectivity index (χ1) is 5.70. The van der Waals surface area contributed by atoms with Crippen LogP contribution in [-0.4, -0.2) is 5.38 Å².